The van der Waals surface area contributed by atoms with Crippen LogP contribution in [0.5, 0.6) is 5.75 Å². The van der Waals surface area contributed by atoms with Gasteiger partial charge < -0.3 is 20.1 Å². The largest absolute Gasteiger partial charge is 0.484 e. The number of methoxy groups -OCH3 is 1. The van der Waals surface area contributed by atoms with E-state index in [4.69, 9.17) is 17.0 Å². The molecular weight excluding hydrogens is 442 g/mol. The fraction of sp³-hybridized carbons (Fsp3) is 0.0833. The molecule has 0 unspecified atom stereocenters. The minimum atomic E-state index is -0.543. The van der Waals surface area contributed by atoms with Gasteiger partial charge in [-0.25, -0.2) is 4.79 Å². The molecule has 33 heavy (non-hydrogen) atoms. The van der Waals surface area contributed by atoms with Crippen LogP contribution in [0.15, 0.2) is 78.9 Å². The summed E-state index contributed by atoms with van der Waals surface area (Å²) in [5.74, 6) is -0.752. The lowest BCUT2D eigenvalue weighted by atomic mass is 10.1. The number of ether oxygens (including phenoxy) is 2. The zero-order valence-electron chi connectivity index (χ0n) is 17.7. The van der Waals surface area contributed by atoms with Crippen molar-refractivity contribution in [3.05, 3.63) is 90.0 Å². The Labute approximate surface area is 195 Å². The number of anilines is 2. The second kappa shape index (κ2) is 11.4. The van der Waals surface area contributed by atoms with Gasteiger partial charge in [-0.15, -0.1) is 0 Å². The molecule has 0 saturated carbocycles. The fourth-order valence-corrected chi connectivity index (χ4v) is 2.99. The van der Waals surface area contributed by atoms with Gasteiger partial charge in [-0.05, 0) is 60.7 Å². The van der Waals surface area contributed by atoms with Crippen molar-refractivity contribution < 1.29 is 23.9 Å². The summed E-state index contributed by atoms with van der Waals surface area (Å²) < 4.78 is 10.1. The van der Waals surface area contributed by atoms with Gasteiger partial charge in [-0.3, -0.25) is 14.9 Å². The van der Waals surface area contributed by atoms with E-state index >= 15 is 0 Å². The highest BCUT2D eigenvalue weighted by atomic mass is 32.1. The Hall–Kier alpha value is -4.24. The number of para-hydroxylation sites is 1. The van der Waals surface area contributed by atoms with Crippen LogP contribution in [-0.2, 0) is 9.53 Å². The highest BCUT2D eigenvalue weighted by Crippen LogP contribution is 2.16. The molecule has 0 aliphatic carbocycles. The number of carbonyl (C=O) groups is 3. The highest BCUT2D eigenvalue weighted by molar-refractivity contribution is 7.80. The predicted octanol–water partition coefficient (Wildman–Crippen LogP) is 3.62. The van der Waals surface area contributed by atoms with Crippen molar-refractivity contribution in [2.45, 2.75) is 0 Å². The molecule has 3 aromatic carbocycles. The summed E-state index contributed by atoms with van der Waals surface area (Å²) in [7, 11) is 1.26. The first kappa shape index (κ1) is 23.4. The van der Waals surface area contributed by atoms with Crippen molar-refractivity contribution >= 4 is 46.5 Å². The lowest BCUT2D eigenvalue weighted by molar-refractivity contribution is -0.118. The van der Waals surface area contributed by atoms with Crippen LogP contribution in [-0.4, -0.2) is 36.6 Å². The first-order chi connectivity index (χ1) is 15.9. The summed E-state index contributed by atoms with van der Waals surface area (Å²) in [4.78, 5) is 36.2. The second-order valence-corrected chi connectivity index (χ2v) is 7.12. The molecule has 3 N–H and O–H groups in total. The summed E-state index contributed by atoms with van der Waals surface area (Å²) in [6.45, 7) is -0.138. The van der Waals surface area contributed by atoms with Gasteiger partial charge in [0.05, 0.1) is 12.7 Å². The van der Waals surface area contributed by atoms with Gasteiger partial charge >= 0.3 is 5.97 Å². The molecule has 0 radical (unpaired) electrons. The van der Waals surface area contributed by atoms with E-state index in [1.54, 1.807) is 54.6 Å². The van der Waals surface area contributed by atoms with Gasteiger partial charge in [0.25, 0.3) is 11.8 Å². The van der Waals surface area contributed by atoms with Crippen molar-refractivity contribution in [3.63, 3.8) is 0 Å². The van der Waals surface area contributed by atoms with Gasteiger partial charge in [0.1, 0.15) is 5.75 Å². The van der Waals surface area contributed by atoms with Gasteiger partial charge in [-0.1, -0.05) is 30.3 Å². The van der Waals surface area contributed by atoms with E-state index in [1.165, 1.54) is 13.2 Å². The molecule has 0 fully saturated rings. The number of hydrogen-bond acceptors (Lipinski definition) is 6. The third-order valence-electron chi connectivity index (χ3n) is 4.29. The predicted molar refractivity (Wildman–Crippen MR) is 128 cm³/mol. The maximum Gasteiger partial charge on any atom is 0.337 e. The molecule has 0 aromatic heterocycles. The average Bonchev–Trinajstić information content (AvgIpc) is 2.83. The third kappa shape index (κ3) is 7.15. The maximum absolute atomic E-state index is 12.4. The molecule has 2 amide bonds. The summed E-state index contributed by atoms with van der Waals surface area (Å²) in [5.41, 5.74) is 1.59. The van der Waals surface area contributed by atoms with Crippen LogP contribution in [0.1, 0.15) is 20.7 Å². The molecule has 0 spiro atoms. The van der Waals surface area contributed by atoms with E-state index in [2.05, 4.69) is 20.7 Å². The summed E-state index contributed by atoms with van der Waals surface area (Å²) >= 11 is 5.20. The zero-order valence-corrected chi connectivity index (χ0v) is 18.5. The Morgan fingerprint density at radius 2 is 1.48 bits per heavy atom. The van der Waals surface area contributed by atoms with E-state index in [0.29, 0.717) is 17.1 Å². The van der Waals surface area contributed by atoms with E-state index in [-0.39, 0.29) is 28.8 Å². The SMILES string of the molecule is COC(=O)c1cccc(C(=O)NC(=S)Nc2cccc(NC(=O)COc3ccccc3)c2)c1. The minimum absolute atomic E-state index is 0.0550. The molecule has 168 valence electrons. The van der Waals surface area contributed by atoms with E-state index < -0.39 is 11.9 Å². The van der Waals surface area contributed by atoms with Crippen molar-refractivity contribution in [3.8, 4) is 5.75 Å². The van der Waals surface area contributed by atoms with Crippen LogP contribution >= 0.6 is 12.2 Å². The minimum Gasteiger partial charge on any atom is -0.484 e. The van der Waals surface area contributed by atoms with Gasteiger partial charge in [0, 0.05) is 16.9 Å². The van der Waals surface area contributed by atoms with Crippen molar-refractivity contribution in [2.75, 3.05) is 24.4 Å². The number of benzene rings is 3. The molecular formula is C24H21N3O5S. The number of hydrogen-bond donors (Lipinski definition) is 3. The van der Waals surface area contributed by atoms with Crippen LogP contribution in [0.4, 0.5) is 11.4 Å². The Bertz CT molecular complexity index is 1170. The average molecular weight is 464 g/mol. The Morgan fingerprint density at radius 3 is 2.21 bits per heavy atom. The van der Waals surface area contributed by atoms with Gasteiger partial charge in [0.2, 0.25) is 0 Å². The van der Waals surface area contributed by atoms with Crippen LogP contribution in [0, 0.1) is 0 Å². The molecule has 8 nitrogen and oxygen atoms in total. The normalized spacial score (nSPS) is 9.97. The van der Waals surface area contributed by atoms with Crippen molar-refractivity contribution in [2.24, 2.45) is 0 Å². The van der Waals surface area contributed by atoms with E-state index in [0.717, 1.165) is 0 Å². The number of rotatable bonds is 7. The van der Waals surface area contributed by atoms with Gasteiger partial charge in [-0.2, -0.15) is 0 Å². The Kier molecular flexibility index (Phi) is 8.09. The topological polar surface area (TPSA) is 106 Å². The monoisotopic (exact) mass is 463 g/mol. The molecule has 0 bridgehead atoms. The van der Waals surface area contributed by atoms with Crippen LogP contribution in [0.2, 0.25) is 0 Å². The number of nitrogens with one attached hydrogen (secondary N) is 3. The van der Waals surface area contributed by atoms with Crippen molar-refractivity contribution in [1.29, 1.82) is 0 Å². The quantitative estimate of drug-likeness (QED) is 0.363. The Balaban J connectivity index is 1.54. The molecule has 0 heterocycles. The maximum atomic E-state index is 12.4. The molecule has 0 saturated heterocycles. The first-order valence-corrected chi connectivity index (χ1v) is 10.2. The smallest absolute Gasteiger partial charge is 0.337 e. The van der Waals surface area contributed by atoms with Crippen LogP contribution in [0.25, 0.3) is 0 Å². The third-order valence-corrected chi connectivity index (χ3v) is 4.49. The zero-order chi connectivity index (χ0) is 23.6. The van der Waals surface area contributed by atoms with Crippen LogP contribution in [0.3, 0.4) is 0 Å². The molecule has 3 rings (SSSR count). The number of amides is 2. The standard InChI is InChI=1S/C24H21N3O5S/c1-31-23(30)17-8-5-7-16(13-17)22(29)27-24(33)26-19-10-6-9-18(14-19)25-21(28)15-32-20-11-3-2-4-12-20/h2-14H,15H2,1H3,(H,25,28)(H2,26,27,29,33). The summed E-state index contributed by atoms with van der Waals surface area (Å²) in [5, 5.41) is 8.23. The summed E-state index contributed by atoms with van der Waals surface area (Å²) in [6.07, 6.45) is 0. The molecule has 0 atom stereocenters. The number of carbonyl (C=O) groups excluding carboxylic acids is 3. The van der Waals surface area contributed by atoms with Crippen molar-refractivity contribution in [1.82, 2.24) is 5.32 Å². The van der Waals surface area contributed by atoms with E-state index in [9.17, 15) is 14.4 Å². The Morgan fingerprint density at radius 1 is 0.818 bits per heavy atom. The number of thiocarbonyl (C=S) groups is 1. The summed E-state index contributed by atoms with van der Waals surface area (Å²) in [6, 6.07) is 21.9. The molecule has 0 aliphatic heterocycles. The van der Waals surface area contributed by atoms with Gasteiger partial charge in [0.15, 0.2) is 11.7 Å². The fourth-order valence-electron chi connectivity index (χ4n) is 2.78. The van der Waals surface area contributed by atoms with Crippen LogP contribution < -0.4 is 20.7 Å². The second-order valence-electron chi connectivity index (χ2n) is 6.71. The molecule has 0 aliphatic rings. The highest BCUT2D eigenvalue weighted by Gasteiger charge is 2.12. The van der Waals surface area contributed by atoms with E-state index in [1.807, 2.05) is 18.2 Å². The number of esters is 1. The molecule has 9 heteroatoms. The lowest BCUT2D eigenvalue weighted by Gasteiger charge is -2.12. The molecule has 3 aromatic rings. The lowest BCUT2D eigenvalue weighted by Crippen LogP contribution is -2.34. The first-order valence-electron chi connectivity index (χ1n) is 9.83.